The summed E-state index contributed by atoms with van der Waals surface area (Å²) in [6.45, 7) is 0.541. The van der Waals surface area contributed by atoms with Crippen molar-refractivity contribution in [3.8, 4) is 0 Å². The van der Waals surface area contributed by atoms with Gasteiger partial charge in [0.05, 0.1) is 18.8 Å². The van der Waals surface area contributed by atoms with Crippen molar-refractivity contribution in [1.29, 1.82) is 5.41 Å². The molecule has 0 saturated carbocycles. The van der Waals surface area contributed by atoms with Gasteiger partial charge in [-0.1, -0.05) is 11.8 Å². The van der Waals surface area contributed by atoms with Crippen LogP contribution in [0.25, 0.3) is 0 Å². The average molecular weight is 261 g/mol. The van der Waals surface area contributed by atoms with Gasteiger partial charge in [-0.3, -0.25) is 5.41 Å². The molecule has 7 nitrogen and oxygen atoms in total. The molecule has 0 radical (unpaired) electrons. The number of carbonyl (C=O) groups is 1. The molecule has 0 bridgehead atoms. The lowest BCUT2D eigenvalue weighted by molar-refractivity contribution is 0.0596. The third kappa shape index (κ3) is 3.66. The maximum atomic E-state index is 11.2. The number of esters is 1. The van der Waals surface area contributed by atoms with Crippen molar-refractivity contribution >= 4 is 40.4 Å². The van der Waals surface area contributed by atoms with Crippen LogP contribution in [0, 0.1) is 5.41 Å². The quantitative estimate of drug-likeness (QED) is 0.303. The van der Waals surface area contributed by atoms with Crippen LogP contribution in [0.3, 0.4) is 0 Å². The number of nitrogens with one attached hydrogen (secondary N) is 2. The Labute approximate surface area is 101 Å². The molecule has 0 saturated heterocycles. The molecule has 0 amide bonds. The summed E-state index contributed by atoms with van der Waals surface area (Å²) in [4.78, 5) is 11.2. The lowest BCUT2D eigenvalue weighted by Gasteiger charge is -2.03. The smallest absolute Gasteiger partial charge is 0.361 e. The summed E-state index contributed by atoms with van der Waals surface area (Å²) in [6.07, 6.45) is 0. The first-order valence-electron chi connectivity index (χ1n) is 4.26. The molecule has 1 rings (SSSR count). The van der Waals surface area contributed by atoms with E-state index in [0.717, 1.165) is 11.7 Å². The number of methoxy groups -OCH3 is 1. The van der Waals surface area contributed by atoms with E-state index in [-0.39, 0.29) is 10.9 Å². The summed E-state index contributed by atoms with van der Waals surface area (Å²) < 4.78 is 12.3. The molecular weight excluding hydrogens is 250 g/mol. The highest BCUT2D eigenvalue weighted by Crippen LogP contribution is 2.13. The van der Waals surface area contributed by atoms with Crippen molar-refractivity contribution in [2.24, 2.45) is 5.73 Å². The van der Waals surface area contributed by atoms with Crippen LogP contribution in [0.2, 0.25) is 0 Å². The van der Waals surface area contributed by atoms with E-state index < -0.39 is 5.97 Å². The zero-order valence-corrected chi connectivity index (χ0v) is 10.2. The van der Waals surface area contributed by atoms with Crippen molar-refractivity contribution in [2.45, 2.75) is 0 Å². The number of rotatable bonds is 5. The molecule has 0 spiro atoms. The summed E-state index contributed by atoms with van der Waals surface area (Å²) in [5.41, 5.74) is 5.35. The Morgan fingerprint density at radius 2 is 2.44 bits per heavy atom. The molecule has 9 heteroatoms. The van der Waals surface area contributed by atoms with Crippen molar-refractivity contribution in [3.05, 3.63) is 5.69 Å². The van der Waals surface area contributed by atoms with E-state index in [2.05, 4.69) is 18.8 Å². The van der Waals surface area contributed by atoms with Gasteiger partial charge in [-0.2, -0.15) is 8.75 Å². The molecule has 4 N–H and O–H groups in total. The van der Waals surface area contributed by atoms with Gasteiger partial charge in [0.15, 0.2) is 11.0 Å². The monoisotopic (exact) mass is 261 g/mol. The van der Waals surface area contributed by atoms with Crippen LogP contribution in [0.15, 0.2) is 0 Å². The molecule has 88 valence electrons. The molecule has 0 atom stereocenters. The summed E-state index contributed by atoms with van der Waals surface area (Å²) in [5.74, 6) is 0.504. The molecule has 0 aliphatic heterocycles. The Morgan fingerprint density at radius 3 is 3.06 bits per heavy atom. The van der Waals surface area contributed by atoms with E-state index in [9.17, 15) is 4.79 Å². The number of nitrogens with two attached hydrogens (primary N) is 1. The van der Waals surface area contributed by atoms with E-state index in [1.54, 1.807) is 0 Å². The summed E-state index contributed by atoms with van der Waals surface area (Å²) in [5, 5.41) is 9.99. The number of hydrogen-bond acceptors (Lipinski definition) is 8. The predicted molar refractivity (Wildman–Crippen MR) is 64.1 cm³/mol. The van der Waals surface area contributed by atoms with Crippen LogP contribution in [0.5, 0.6) is 0 Å². The fourth-order valence-electron chi connectivity index (χ4n) is 0.866. The van der Waals surface area contributed by atoms with Gasteiger partial charge in [-0.25, -0.2) is 4.79 Å². The summed E-state index contributed by atoms with van der Waals surface area (Å²) >= 11 is 2.15. The lowest BCUT2D eigenvalue weighted by atomic mass is 10.4. The first-order chi connectivity index (χ1) is 7.65. The van der Waals surface area contributed by atoms with Gasteiger partial charge >= 0.3 is 5.97 Å². The maximum absolute atomic E-state index is 11.2. The summed E-state index contributed by atoms with van der Waals surface area (Å²) in [7, 11) is 1.29. The predicted octanol–water partition coefficient (Wildman–Crippen LogP) is 0.363. The minimum atomic E-state index is -0.518. The molecule has 0 fully saturated rings. The van der Waals surface area contributed by atoms with Crippen LogP contribution < -0.4 is 11.1 Å². The average Bonchev–Trinajstić information content (AvgIpc) is 2.71. The number of thioether (sulfide) groups is 1. The zero-order chi connectivity index (χ0) is 12.0. The third-order valence-electron chi connectivity index (χ3n) is 1.52. The molecule has 0 unspecified atom stereocenters. The number of anilines is 1. The van der Waals surface area contributed by atoms with Crippen LogP contribution in [0.1, 0.15) is 10.5 Å². The van der Waals surface area contributed by atoms with E-state index in [1.165, 1.54) is 18.9 Å². The Bertz CT molecular complexity index is 381. The van der Waals surface area contributed by atoms with E-state index in [1.807, 2.05) is 0 Å². The number of carbonyl (C=O) groups excluding carboxylic acids is 1. The standard InChI is InChI=1S/C7H11N5O2S2/c1-14-6(13)4-5(12-16-11-4)10-2-3-15-7(8)9/h2-3H2,1H3,(H3,8,9)(H,10,12). The zero-order valence-electron chi connectivity index (χ0n) is 8.52. The molecule has 0 aliphatic rings. The minimum absolute atomic E-state index is 0.0615. The first-order valence-corrected chi connectivity index (χ1v) is 5.98. The van der Waals surface area contributed by atoms with Crippen LogP contribution in [-0.4, -0.2) is 39.3 Å². The van der Waals surface area contributed by atoms with E-state index in [0.29, 0.717) is 18.1 Å². The number of amidine groups is 1. The largest absolute Gasteiger partial charge is 0.464 e. The Kier molecular flexibility index (Phi) is 4.99. The lowest BCUT2D eigenvalue weighted by Crippen LogP contribution is -2.13. The second-order valence-electron chi connectivity index (χ2n) is 2.59. The van der Waals surface area contributed by atoms with Crippen LogP contribution in [-0.2, 0) is 4.74 Å². The molecule has 1 heterocycles. The fourth-order valence-corrected chi connectivity index (χ4v) is 1.81. The Hall–Kier alpha value is -1.35. The Balaban J connectivity index is 2.45. The number of aromatic nitrogens is 2. The topological polar surface area (TPSA) is 114 Å². The number of ether oxygens (including phenoxy) is 1. The first kappa shape index (κ1) is 12.7. The third-order valence-corrected chi connectivity index (χ3v) is 2.77. The number of hydrogen-bond donors (Lipinski definition) is 3. The molecular formula is C7H11N5O2S2. The van der Waals surface area contributed by atoms with Crippen molar-refractivity contribution in [1.82, 2.24) is 8.75 Å². The van der Waals surface area contributed by atoms with Gasteiger partial charge < -0.3 is 15.8 Å². The molecule has 1 aromatic heterocycles. The van der Waals surface area contributed by atoms with Gasteiger partial charge in [-0.15, -0.1) is 0 Å². The highest BCUT2D eigenvalue weighted by molar-refractivity contribution is 8.13. The second-order valence-corrected chi connectivity index (χ2v) is 4.26. The van der Waals surface area contributed by atoms with Crippen molar-refractivity contribution in [3.63, 3.8) is 0 Å². The van der Waals surface area contributed by atoms with Crippen LogP contribution in [0.4, 0.5) is 5.82 Å². The van der Waals surface area contributed by atoms with Gasteiger partial charge in [0.2, 0.25) is 5.69 Å². The molecule has 0 aromatic carbocycles. The van der Waals surface area contributed by atoms with Gasteiger partial charge in [0.1, 0.15) is 0 Å². The minimum Gasteiger partial charge on any atom is -0.464 e. The second kappa shape index (κ2) is 6.28. The van der Waals surface area contributed by atoms with Crippen molar-refractivity contribution in [2.75, 3.05) is 24.7 Å². The van der Waals surface area contributed by atoms with Gasteiger partial charge in [0, 0.05) is 12.3 Å². The molecule has 1 aromatic rings. The van der Waals surface area contributed by atoms with Crippen molar-refractivity contribution < 1.29 is 9.53 Å². The normalized spacial score (nSPS) is 9.81. The fraction of sp³-hybridized carbons (Fsp3) is 0.429. The van der Waals surface area contributed by atoms with Crippen LogP contribution >= 0.6 is 23.5 Å². The van der Waals surface area contributed by atoms with E-state index >= 15 is 0 Å². The molecule has 16 heavy (non-hydrogen) atoms. The highest BCUT2D eigenvalue weighted by Gasteiger charge is 2.16. The summed E-state index contributed by atoms with van der Waals surface area (Å²) in [6, 6.07) is 0. The van der Waals surface area contributed by atoms with Gasteiger partial charge in [-0.05, 0) is 0 Å². The SMILES string of the molecule is COC(=O)c1nsnc1NCCSC(=N)N. The molecule has 0 aliphatic carbocycles. The van der Waals surface area contributed by atoms with Gasteiger partial charge in [0.25, 0.3) is 0 Å². The highest BCUT2D eigenvalue weighted by atomic mass is 32.2. The van der Waals surface area contributed by atoms with E-state index in [4.69, 9.17) is 11.1 Å². The maximum Gasteiger partial charge on any atom is 0.361 e. The number of nitrogens with zero attached hydrogens (tertiary/aromatic N) is 2. The Morgan fingerprint density at radius 1 is 1.69 bits per heavy atom.